The zero-order chi connectivity index (χ0) is 21.0. The first kappa shape index (κ1) is 20.1. The van der Waals surface area contributed by atoms with Gasteiger partial charge < -0.3 is 16.0 Å². The Hall–Kier alpha value is -2.20. The van der Waals surface area contributed by atoms with E-state index in [0.717, 1.165) is 37.0 Å². The quantitative estimate of drug-likeness (QED) is 0.700. The molecule has 0 saturated carbocycles. The molecule has 156 valence electrons. The number of alkyl halides is 3. The normalized spacial score (nSPS) is 23.6. The summed E-state index contributed by atoms with van der Waals surface area (Å²) < 4.78 is 40.9. The second kappa shape index (κ2) is 6.94. The lowest BCUT2D eigenvalue weighted by molar-refractivity contribution is -0.137. The highest BCUT2D eigenvalue weighted by atomic mass is 32.1. The van der Waals surface area contributed by atoms with Gasteiger partial charge >= 0.3 is 6.18 Å². The van der Waals surface area contributed by atoms with Crippen molar-refractivity contribution in [1.82, 2.24) is 20.6 Å². The van der Waals surface area contributed by atoms with Crippen LogP contribution < -0.4 is 16.0 Å². The number of nitrogens with one attached hydrogen (secondary N) is 3. The monoisotopic (exact) mass is 425 g/mol. The van der Waals surface area contributed by atoms with Crippen LogP contribution in [-0.2, 0) is 11.7 Å². The standard InChI is InChI=1S/C19H22F3N5OS/c1-9-7-23-5-4-12(9)25-17-24-8-11(19(20,21)22)14(26-17)13-6-10-15(29-13)18(2,3)27-16(10)28/h6,8-9,12,23H,4-5,7H2,1-3H3,(H,27,28)(H,24,25,26)/t9-,12+/m1/s1. The van der Waals surface area contributed by atoms with Gasteiger partial charge in [0.05, 0.1) is 21.7 Å². The third-order valence-electron chi connectivity index (χ3n) is 5.40. The Morgan fingerprint density at radius 1 is 1.34 bits per heavy atom. The Bertz CT molecular complexity index is 956. The number of carbonyl (C=O) groups excluding carboxylic acids is 1. The molecule has 0 aromatic carbocycles. The van der Waals surface area contributed by atoms with Crippen molar-refractivity contribution in [2.75, 3.05) is 18.4 Å². The van der Waals surface area contributed by atoms with Crippen molar-refractivity contribution in [3.8, 4) is 10.6 Å². The molecule has 2 aromatic rings. The summed E-state index contributed by atoms with van der Waals surface area (Å²) in [6.45, 7) is 7.38. The maximum absolute atomic E-state index is 13.6. The van der Waals surface area contributed by atoms with Crippen molar-refractivity contribution in [2.24, 2.45) is 5.92 Å². The molecule has 0 radical (unpaired) electrons. The number of fused-ring (bicyclic) bond motifs is 1. The van der Waals surface area contributed by atoms with E-state index < -0.39 is 17.3 Å². The maximum Gasteiger partial charge on any atom is 0.420 e. The van der Waals surface area contributed by atoms with E-state index in [-0.39, 0.29) is 23.6 Å². The van der Waals surface area contributed by atoms with Crippen molar-refractivity contribution < 1.29 is 18.0 Å². The number of hydrogen-bond acceptors (Lipinski definition) is 6. The smallest absolute Gasteiger partial charge is 0.351 e. The first-order valence-corrected chi connectivity index (χ1v) is 10.3. The van der Waals surface area contributed by atoms with E-state index >= 15 is 0 Å². The molecule has 0 spiro atoms. The van der Waals surface area contributed by atoms with Crippen LogP contribution in [0.25, 0.3) is 10.6 Å². The van der Waals surface area contributed by atoms with Gasteiger partial charge in [-0.3, -0.25) is 4.79 Å². The SMILES string of the molecule is C[C@@H]1CNCC[C@@H]1Nc1ncc(C(F)(F)F)c(-c2cc3c(s2)C(C)(C)NC3=O)n1. The number of halogens is 3. The minimum atomic E-state index is -4.60. The van der Waals surface area contributed by atoms with Gasteiger partial charge in [0, 0.05) is 17.1 Å². The lowest BCUT2D eigenvalue weighted by atomic mass is 9.95. The fraction of sp³-hybridized carbons (Fsp3) is 0.526. The summed E-state index contributed by atoms with van der Waals surface area (Å²) in [5.41, 5.74) is -1.31. The molecule has 2 aliphatic rings. The van der Waals surface area contributed by atoms with Gasteiger partial charge in [-0.1, -0.05) is 6.92 Å². The van der Waals surface area contributed by atoms with Gasteiger partial charge in [-0.2, -0.15) is 13.2 Å². The molecule has 1 saturated heterocycles. The molecule has 0 aliphatic carbocycles. The van der Waals surface area contributed by atoms with Crippen LogP contribution in [0.15, 0.2) is 12.3 Å². The minimum absolute atomic E-state index is 0.0823. The van der Waals surface area contributed by atoms with Crippen LogP contribution in [0.1, 0.15) is 48.0 Å². The molecule has 10 heteroatoms. The molecular weight excluding hydrogens is 403 g/mol. The highest BCUT2D eigenvalue weighted by Gasteiger charge is 2.40. The molecule has 0 bridgehead atoms. The van der Waals surface area contributed by atoms with Crippen molar-refractivity contribution >= 4 is 23.2 Å². The average Bonchev–Trinajstić information content (AvgIpc) is 3.16. The Balaban J connectivity index is 1.75. The van der Waals surface area contributed by atoms with Crippen molar-refractivity contribution in [1.29, 1.82) is 0 Å². The van der Waals surface area contributed by atoms with Gasteiger partial charge in [0.2, 0.25) is 5.95 Å². The molecule has 29 heavy (non-hydrogen) atoms. The predicted octanol–water partition coefficient (Wildman–Crippen LogP) is 3.61. The van der Waals surface area contributed by atoms with Crippen LogP contribution in [0.5, 0.6) is 0 Å². The molecule has 0 unspecified atom stereocenters. The number of thiophene rings is 1. The zero-order valence-corrected chi connectivity index (χ0v) is 17.1. The number of anilines is 1. The van der Waals surface area contributed by atoms with Crippen LogP contribution in [0.2, 0.25) is 0 Å². The molecule has 2 aliphatic heterocycles. The van der Waals surface area contributed by atoms with Gasteiger partial charge in [-0.15, -0.1) is 11.3 Å². The van der Waals surface area contributed by atoms with Gasteiger partial charge in [-0.05, 0) is 45.3 Å². The lowest BCUT2D eigenvalue weighted by Crippen LogP contribution is -2.42. The van der Waals surface area contributed by atoms with Crippen molar-refractivity contribution in [3.63, 3.8) is 0 Å². The fourth-order valence-electron chi connectivity index (χ4n) is 3.79. The summed E-state index contributed by atoms with van der Waals surface area (Å²) in [5, 5.41) is 9.30. The number of amides is 1. The van der Waals surface area contributed by atoms with E-state index in [1.165, 1.54) is 6.07 Å². The summed E-state index contributed by atoms with van der Waals surface area (Å²) in [4.78, 5) is 21.4. The van der Waals surface area contributed by atoms with Crippen LogP contribution >= 0.6 is 11.3 Å². The summed E-state index contributed by atoms with van der Waals surface area (Å²) in [7, 11) is 0. The van der Waals surface area contributed by atoms with E-state index in [2.05, 4.69) is 32.8 Å². The van der Waals surface area contributed by atoms with Crippen LogP contribution in [0.3, 0.4) is 0 Å². The maximum atomic E-state index is 13.6. The Labute approximate surface area is 170 Å². The second-order valence-corrected chi connectivity index (χ2v) is 9.16. The van der Waals surface area contributed by atoms with E-state index in [4.69, 9.17) is 0 Å². The van der Waals surface area contributed by atoms with E-state index in [0.29, 0.717) is 21.2 Å². The molecule has 1 amide bonds. The van der Waals surface area contributed by atoms with Crippen LogP contribution in [-0.4, -0.2) is 35.0 Å². The first-order chi connectivity index (χ1) is 13.6. The molecule has 1 fully saturated rings. The van der Waals surface area contributed by atoms with E-state index in [1.54, 1.807) is 0 Å². The van der Waals surface area contributed by atoms with Gasteiger partial charge in [0.1, 0.15) is 5.56 Å². The Morgan fingerprint density at radius 3 is 2.76 bits per heavy atom. The van der Waals surface area contributed by atoms with Gasteiger partial charge in [0.15, 0.2) is 0 Å². The third kappa shape index (κ3) is 3.71. The minimum Gasteiger partial charge on any atom is -0.351 e. The highest BCUT2D eigenvalue weighted by Crippen LogP contribution is 2.44. The fourth-order valence-corrected chi connectivity index (χ4v) is 5.01. The van der Waals surface area contributed by atoms with Crippen molar-refractivity contribution in [2.45, 2.75) is 44.9 Å². The lowest BCUT2D eigenvalue weighted by Gasteiger charge is -2.30. The second-order valence-electron chi connectivity index (χ2n) is 8.11. The number of piperidine rings is 1. The van der Waals surface area contributed by atoms with Gasteiger partial charge in [-0.25, -0.2) is 9.97 Å². The van der Waals surface area contributed by atoms with Crippen molar-refractivity contribution in [3.05, 3.63) is 28.3 Å². The van der Waals surface area contributed by atoms with Crippen LogP contribution in [0.4, 0.5) is 19.1 Å². The molecule has 2 aromatic heterocycles. The molecule has 4 heterocycles. The number of carbonyl (C=O) groups is 1. The molecule has 2 atom stereocenters. The Morgan fingerprint density at radius 2 is 2.10 bits per heavy atom. The van der Waals surface area contributed by atoms with E-state index in [1.807, 2.05) is 13.8 Å². The van der Waals surface area contributed by atoms with Gasteiger partial charge in [0.25, 0.3) is 5.91 Å². The summed E-state index contributed by atoms with van der Waals surface area (Å²) >= 11 is 1.16. The Kier molecular flexibility index (Phi) is 4.81. The molecule has 4 rings (SSSR count). The largest absolute Gasteiger partial charge is 0.420 e. The highest BCUT2D eigenvalue weighted by molar-refractivity contribution is 7.16. The number of hydrogen-bond donors (Lipinski definition) is 3. The predicted molar refractivity (Wildman–Crippen MR) is 105 cm³/mol. The average molecular weight is 425 g/mol. The molecular formula is C19H22F3N5OS. The summed E-state index contributed by atoms with van der Waals surface area (Å²) in [5.74, 6) is 0.189. The third-order valence-corrected chi connectivity index (χ3v) is 6.86. The number of nitrogens with zero attached hydrogens (tertiary/aromatic N) is 2. The van der Waals surface area contributed by atoms with Crippen LogP contribution in [0, 0.1) is 5.92 Å². The first-order valence-electron chi connectivity index (χ1n) is 9.45. The molecule has 3 N–H and O–H groups in total. The number of rotatable bonds is 3. The summed E-state index contributed by atoms with van der Waals surface area (Å²) in [6, 6.07) is 1.58. The zero-order valence-electron chi connectivity index (χ0n) is 16.3. The summed E-state index contributed by atoms with van der Waals surface area (Å²) in [6.07, 6.45) is -2.93. The van der Waals surface area contributed by atoms with E-state index in [9.17, 15) is 18.0 Å². The number of aromatic nitrogens is 2. The molecule has 6 nitrogen and oxygen atoms in total. The topological polar surface area (TPSA) is 78.9 Å².